The van der Waals surface area contributed by atoms with E-state index in [1.54, 1.807) is 6.07 Å². The van der Waals surface area contributed by atoms with Crippen molar-refractivity contribution in [2.24, 2.45) is 0 Å². The molecule has 2 aromatic rings. The Morgan fingerprint density at radius 2 is 2.05 bits per heavy atom. The molecule has 1 aromatic heterocycles. The van der Waals surface area contributed by atoms with E-state index in [9.17, 15) is 4.39 Å². The summed E-state index contributed by atoms with van der Waals surface area (Å²) in [6.45, 7) is 1.03. The molecule has 0 saturated heterocycles. The number of benzene rings is 1. The van der Waals surface area contributed by atoms with Crippen LogP contribution in [0.3, 0.4) is 0 Å². The standard InChI is InChI=1S/C15H15BrFNO2/c16-14-6-1-10(17)7-15(14)19-9-13-5-4-12(20-13)8-18-11-2-3-11/h1,4-7,11,18H,2-3,8-9H2. The zero-order valence-corrected chi connectivity index (χ0v) is 12.5. The number of nitrogens with one attached hydrogen (secondary N) is 1. The smallest absolute Gasteiger partial charge is 0.146 e. The molecular weight excluding hydrogens is 325 g/mol. The maximum atomic E-state index is 13.1. The molecule has 106 valence electrons. The summed E-state index contributed by atoms with van der Waals surface area (Å²) in [4.78, 5) is 0. The van der Waals surface area contributed by atoms with Gasteiger partial charge in [0.2, 0.25) is 0 Å². The van der Waals surface area contributed by atoms with Crippen LogP contribution in [0.25, 0.3) is 0 Å². The first-order chi connectivity index (χ1) is 9.70. The first kappa shape index (κ1) is 13.6. The van der Waals surface area contributed by atoms with Gasteiger partial charge in [-0.05, 0) is 53.0 Å². The van der Waals surface area contributed by atoms with Gasteiger partial charge >= 0.3 is 0 Å². The summed E-state index contributed by atoms with van der Waals surface area (Å²) < 4.78 is 25.1. The molecular formula is C15H15BrFNO2. The number of hydrogen-bond donors (Lipinski definition) is 1. The lowest BCUT2D eigenvalue weighted by atomic mass is 10.3. The number of hydrogen-bond acceptors (Lipinski definition) is 3. The van der Waals surface area contributed by atoms with E-state index in [0.717, 1.165) is 22.5 Å². The van der Waals surface area contributed by atoms with Crippen LogP contribution in [0.4, 0.5) is 4.39 Å². The van der Waals surface area contributed by atoms with E-state index in [1.807, 2.05) is 12.1 Å². The van der Waals surface area contributed by atoms with Crippen LogP contribution >= 0.6 is 15.9 Å². The molecule has 3 rings (SSSR count). The van der Waals surface area contributed by atoms with E-state index in [2.05, 4.69) is 21.2 Å². The second-order valence-electron chi connectivity index (χ2n) is 4.89. The minimum absolute atomic E-state index is 0.283. The summed E-state index contributed by atoms with van der Waals surface area (Å²) >= 11 is 3.32. The predicted octanol–water partition coefficient (Wildman–Crippen LogP) is 4.01. The fourth-order valence-electron chi connectivity index (χ4n) is 1.86. The third-order valence-electron chi connectivity index (χ3n) is 3.12. The van der Waals surface area contributed by atoms with Gasteiger partial charge in [-0.2, -0.15) is 0 Å². The molecule has 1 saturated carbocycles. The van der Waals surface area contributed by atoms with Crippen molar-refractivity contribution in [3.63, 3.8) is 0 Å². The lowest BCUT2D eigenvalue weighted by Crippen LogP contribution is -2.14. The maximum absolute atomic E-state index is 13.1. The summed E-state index contributed by atoms with van der Waals surface area (Å²) in [6.07, 6.45) is 2.51. The van der Waals surface area contributed by atoms with E-state index >= 15 is 0 Å². The molecule has 0 radical (unpaired) electrons. The second kappa shape index (κ2) is 5.97. The van der Waals surface area contributed by atoms with Gasteiger partial charge in [-0.3, -0.25) is 0 Å². The van der Waals surface area contributed by atoms with Crippen molar-refractivity contribution >= 4 is 15.9 Å². The molecule has 20 heavy (non-hydrogen) atoms. The van der Waals surface area contributed by atoms with Gasteiger partial charge in [0.1, 0.15) is 29.7 Å². The molecule has 1 fully saturated rings. The molecule has 5 heteroatoms. The van der Waals surface area contributed by atoms with Gasteiger partial charge in [-0.15, -0.1) is 0 Å². The Morgan fingerprint density at radius 1 is 1.25 bits per heavy atom. The molecule has 1 aliphatic carbocycles. The van der Waals surface area contributed by atoms with Crippen LogP contribution in [0.1, 0.15) is 24.4 Å². The molecule has 0 amide bonds. The maximum Gasteiger partial charge on any atom is 0.146 e. The zero-order valence-electron chi connectivity index (χ0n) is 10.9. The SMILES string of the molecule is Fc1ccc(Br)c(OCc2ccc(CNC3CC3)o2)c1. The third-order valence-corrected chi connectivity index (χ3v) is 3.78. The highest BCUT2D eigenvalue weighted by Gasteiger charge is 2.20. The van der Waals surface area contributed by atoms with Crippen LogP contribution in [0.15, 0.2) is 39.2 Å². The third kappa shape index (κ3) is 3.61. The van der Waals surface area contributed by atoms with Gasteiger partial charge in [0, 0.05) is 12.1 Å². The van der Waals surface area contributed by atoms with Gasteiger partial charge in [0.25, 0.3) is 0 Å². The monoisotopic (exact) mass is 339 g/mol. The van der Waals surface area contributed by atoms with Gasteiger partial charge < -0.3 is 14.5 Å². The molecule has 0 atom stereocenters. The summed E-state index contributed by atoms with van der Waals surface area (Å²) in [7, 11) is 0. The topological polar surface area (TPSA) is 34.4 Å². The predicted molar refractivity (Wildman–Crippen MR) is 77.0 cm³/mol. The van der Waals surface area contributed by atoms with Crippen molar-refractivity contribution in [1.29, 1.82) is 0 Å². The Labute approximate surface area is 125 Å². The number of furan rings is 1. The van der Waals surface area contributed by atoms with Gasteiger partial charge in [0.05, 0.1) is 11.0 Å². The lowest BCUT2D eigenvalue weighted by Gasteiger charge is -2.06. The Kier molecular flexibility index (Phi) is 4.08. The first-order valence-electron chi connectivity index (χ1n) is 6.59. The highest BCUT2D eigenvalue weighted by atomic mass is 79.9. The number of ether oxygens (including phenoxy) is 1. The Balaban J connectivity index is 1.55. The van der Waals surface area contributed by atoms with Gasteiger partial charge in [0.15, 0.2) is 0 Å². The largest absolute Gasteiger partial charge is 0.484 e. The van der Waals surface area contributed by atoms with Crippen LogP contribution in [-0.2, 0) is 13.2 Å². The average molecular weight is 340 g/mol. The minimum atomic E-state index is -0.322. The number of halogens is 2. The van der Waals surface area contributed by atoms with Gasteiger partial charge in [-0.1, -0.05) is 0 Å². The van der Waals surface area contributed by atoms with Crippen LogP contribution in [-0.4, -0.2) is 6.04 Å². The van der Waals surface area contributed by atoms with Crippen LogP contribution in [0, 0.1) is 5.82 Å². The van der Waals surface area contributed by atoms with Crippen molar-refractivity contribution in [3.05, 3.63) is 52.1 Å². The highest BCUT2D eigenvalue weighted by molar-refractivity contribution is 9.10. The molecule has 1 N–H and O–H groups in total. The highest BCUT2D eigenvalue weighted by Crippen LogP contribution is 2.26. The van der Waals surface area contributed by atoms with Crippen molar-refractivity contribution in [2.75, 3.05) is 0 Å². The van der Waals surface area contributed by atoms with Crippen LogP contribution in [0.5, 0.6) is 5.75 Å². The molecule has 1 aliphatic rings. The lowest BCUT2D eigenvalue weighted by molar-refractivity contribution is 0.262. The minimum Gasteiger partial charge on any atom is -0.484 e. The molecule has 0 unspecified atom stereocenters. The second-order valence-corrected chi connectivity index (χ2v) is 5.74. The summed E-state index contributed by atoms with van der Waals surface area (Å²) in [6, 6.07) is 8.83. The molecule has 1 aromatic carbocycles. The zero-order chi connectivity index (χ0) is 13.9. The van der Waals surface area contributed by atoms with Gasteiger partial charge in [-0.25, -0.2) is 4.39 Å². The average Bonchev–Trinajstić information content (AvgIpc) is 3.16. The molecule has 0 bridgehead atoms. The fraction of sp³-hybridized carbons (Fsp3) is 0.333. The van der Waals surface area contributed by atoms with Crippen LogP contribution < -0.4 is 10.1 Å². The van der Waals surface area contributed by atoms with E-state index in [-0.39, 0.29) is 12.4 Å². The number of rotatable bonds is 6. The van der Waals surface area contributed by atoms with E-state index < -0.39 is 0 Å². The normalized spacial score (nSPS) is 14.5. The Bertz CT molecular complexity index is 595. The fourth-order valence-corrected chi connectivity index (χ4v) is 2.23. The first-order valence-corrected chi connectivity index (χ1v) is 7.39. The Morgan fingerprint density at radius 3 is 2.85 bits per heavy atom. The quantitative estimate of drug-likeness (QED) is 0.863. The molecule has 0 spiro atoms. The van der Waals surface area contributed by atoms with Crippen molar-refractivity contribution in [2.45, 2.75) is 32.0 Å². The summed E-state index contributed by atoms with van der Waals surface area (Å²) in [5, 5.41) is 3.38. The van der Waals surface area contributed by atoms with Crippen molar-refractivity contribution in [1.82, 2.24) is 5.32 Å². The van der Waals surface area contributed by atoms with Crippen LogP contribution in [0.2, 0.25) is 0 Å². The van der Waals surface area contributed by atoms with E-state index in [0.29, 0.717) is 11.8 Å². The van der Waals surface area contributed by atoms with Crippen molar-refractivity contribution < 1.29 is 13.5 Å². The summed E-state index contributed by atoms with van der Waals surface area (Å²) in [5.41, 5.74) is 0. The molecule has 0 aliphatic heterocycles. The summed E-state index contributed by atoms with van der Waals surface area (Å²) in [5.74, 6) is 1.78. The molecule has 3 nitrogen and oxygen atoms in total. The van der Waals surface area contributed by atoms with Crippen molar-refractivity contribution in [3.8, 4) is 5.75 Å². The van der Waals surface area contributed by atoms with E-state index in [4.69, 9.17) is 9.15 Å². The van der Waals surface area contributed by atoms with E-state index in [1.165, 1.54) is 25.0 Å². The molecule has 1 heterocycles. The Hall–Kier alpha value is -1.33.